The van der Waals surface area contributed by atoms with Gasteiger partial charge in [-0.25, -0.2) is 9.80 Å². The van der Waals surface area contributed by atoms with Crippen LogP contribution in [0.3, 0.4) is 0 Å². The van der Waals surface area contributed by atoms with Crippen LogP contribution in [-0.2, 0) is 10.8 Å². The molecule has 438 valence electrons. The Morgan fingerprint density at radius 2 is 0.702 bits per heavy atom. The second-order valence-electron chi connectivity index (χ2n) is 25.2. The van der Waals surface area contributed by atoms with Crippen LogP contribution in [0.4, 0.5) is 11.4 Å². The van der Waals surface area contributed by atoms with Gasteiger partial charge < -0.3 is 9.47 Å². The Morgan fingerprint density at radius 3 is 0.964 bits per heavy atom. The van der Waals surface area contributed by atoms with Crippen LogP contribution < -0.4 is 19.3 Å². The molecule has 15 heteroatoms. The number of hydrogen-bond acceptors (Lipinski definition) is 11. The first-order valence-corrected chi connectivity index (χ1v) is 30.0. The molecule has 4 aliphatic rings. The summed E-state index contributed by atoms with van der Waals surface area (Å²) in [5, 5.41) is 1.32. The summed E-state index contributed by atoms with van der Waals surface area (Å²) in [6.45, 7) is 22.5. The van der Waals surface area contributed by atoms with E-state index in [1.165, 1.54) is 19.6 Å². The number of anilines is 2. The van der Waals surface area contributed by atoms with Crippen LogP contribution in [0.25, 0.3) is 21.5 Å². The fraction of sp³-hybridized carbons (Fsp3) is 0.420. The Morgan fingerprint density at radius 1 is 0.417 bits per heavy atom. The van der Waals surface area contributed by atoms with E-state index in [-0.39, 0.29) is 47.3 Å². The third-order valence-electron chi connectivity index (χ3n) is 17.4. The summed E-state index contributed by atoms with van der Waals surface area (Å²) in [4.78, 5) is 122. The lowest BCUT2D eigenvalue weighted by Crippen LogP contribution is -2.45. The molecular weight excluding hydrogens is 1060 g/mol. The van der Waals surface area contributed by atoms with Gasteiger partial charge >= 0.3 is 0 Å². The van der Waals surface area contributed by atoms with Crippen LogP contribution in [-0.4, -0.2) is 108 Å². The standard InChI is InChI=1S/C69H77N5O10/c1-12-16-18-40(14-3)38-71-60(75)44-22-26-48-58-49(27-23-45(56(44)58)61(71)76)65(80)73(64(48)79)54-36-42(20-30-52(54)68(5,6)7)83-34-32-70(11)33-35-84-43-21-31-53(69(8,9)10)55(37-43)74-66(81)50-28-24-46-57-47(25-29-51(59(50)57)67(74)82)63(78)72(62(46)77)39-41(15-4)19-17-13-2/h20-31,36-37,40-41H,12-19,32-35,38-39H2,1-11H3. The Labute approximate surface area is 492 Å². The molecule has 0 radical (unpaired) electrons. The first-order valence-electron chi connectivity index (χ1n) is 30.0. The number of carbonyl (C=O) groups excluding carboxylic acids is 8. The van der Waals surface area contributed by atoms with Gasteiger partial charge in [-0.1, -0.05) is 120 Å². The van der Waals surface area contributed by atoms with Crippen LogP contribution in [0.15, 0.2) is 84.9 Å². The van der Waals surface area contributed by atoms with Crippen molar-refractivity contribution in [3.63, 3.8) is 0 Å². The zero-order chi connectivity index (χ0) is 60.3. The van der Waals surface area contributed by atoms with Crippen LogP contribution >= 0.6 is 0 Å². The molecule has 2 atom stereocenters. The maximum atomic E-state index is 14.7. The normalized spacial score (nSPS) is 15.9. The fourth-order valence-electron chi connectivity index (χ4n) is 12.6. The number of likely N-dealkylation sites (N-methyl/N-ethyl adjacent to an activating group) is 1. The topological polar surface area (TPSA) is 171 Å². The molecule has 0 bridgehead atoms. The van der Waals surface area contributed by atoms with Gasteiger partial charge in [-0.2, -0.15) is 0 Å². The van der Waals surface area contributed by atoms with Crippen molar-refractivity contribution < 1.29 is 47.8 Å². The lowest BCUT2D eigenvalue weighted by molar-refractivity contribution is 0.0565. The molecule has 0 saturated carbocycles. The van der Waals surface area contributed by atoms with E-state index >= 15 is 0 Å². The van der Waals surface area contributed by atoms with Gasteiger partial charge in [0.2, 0.25) is 0 Å². The van der Waals surface area contributed by atoms with Crippen molar-refractivity contribution in [2.75, 3.05) is 56.2 Å². The summed E-state index contributed by atoms with van der Waals surface area (Å²) < 4.78 is 12.7. The number of benzene rings is 6. The molecule has 4 aliphatic heterocycles. The van der Waals surface area contributed by atoms with Crippen molar-refractivity contribution in [2.45, 2.75) is 131 Å². The minimum Gasteiger partial charge on any atom is -0.492 e. The van der Waals surface area contributed by atoms with Crippen LogP contribution in [0.2, 0.25) is 0 Å². The minimum atomic E-state index is -0.561. The second kappa shape index (κ2) is 23.2. The molecule has 8 amide bonds. The van der Waals surface area contributed by atoms with Gasteiger partial charge in [-0.05, 0) is 114 Å². The van der Waals surface area contributed by atoms with E-state index in [2.05, 4.69) is 27.7 Å². The highest BCUT2D eigenvalue weighted by Crippen LogP contribution is 2.45. The molecule has 4 heterocycles. The Hall–Kier alpha value is -8.04. The average molecular weight is 1140 g/mol. The predicted octanol–water partition coefficient (Wildman–Crippen LogP) is 13.2. The summed E-state index contributed by atoms with van der Waals surface area (Å²) in [6.07, 6.45) is 7.50. The van der Waals surface area contributed by atoms with Gasteiger partial charge in [0, 0.05) is 104 Å². The molecule has 0 aliphatic carbocycles. The van der Waals surface area contributed by atoms with Crippen LogP contribution in [0.1, 0.15) is 215 Å². The lowest BCUT2D eigenvalue weighted by Gasteiger charge is -2.34. The summed E-state index contributed by atoms with van der Waals surface area (Å²) in [7, 11) is 1.93. The number of unbranched alkanes of at least 4 members (excludes halogenated alkanes) is 2. The summed E-state index contributed by atoms with van der Waals surface area (Å²) in [5.41, 5.74) is 3.38. The first-order chi connectivity index (χ1) is 40.0. The Kier molecular flexibility index (Phi) is 16.3. The Bertz CT molecular complexity index is 3350. The second-order valence-corrected chi connectivity index (χ2v) is 25.2. The third kappa shape index (κ3) is 10.5. The largest absolute Gasteiger partial charge is 0.492 e. The van der Waals surface area contributed by atoms with E-state index in [1.807, 2.05) is 77.8 Å². The maximum Gasteiger partial charge on any atom is 0.265 e. The van der Waals surface area contributed by atoms with Gasteiger partial charge in [0.25, 0.3) is 47.3 Å². The zero-order valence-corrected chi connectivity index (χ0v) is 50.5. The van der Waals surface area contributed by atoms with Gasteiger partial charge in [-0.3, -0.25) is 53.1 Å². The lowest BCUT2D eigenvalue weighted by atomic mass is 9.83. The number of rotatable bonds is 22. The Balaban J connectivity index is 0.822. The first kappa shape index (κ1) is 59.1. The van der Waals surface area contributed by atoms with Crippen LogP contribution in [0.5, 0.6) is 11.5 Å². The van der Waals surface area contributed by atoms with Crippen molar-refractivity contribution in [3.05, 3.63) is 141 Å². The molecule has 84 heavy (non-hydrogen) atoms. The van der Waals surface area contributed by atoms with Gasteiger partial charge in [-0.15, -0.1) is 0 Å². The van der Waals surface area contributed by atoms with E-state index in [0.29, 0.717) is 92.9 Å². The number of hydrogen-bond donors (Lipinski definition) is 0. The molecule has 0 saturated heterocycles. The number of amides is 8. The molecular formula is C69H77N5O10. The minimum absolute atomic E-state index is 0.163. The van der Waals surface area contributed by atoms with Gasteiger partial charge in [0.1, 0.15) is 24.7 Å². The van der Waals surface area contributed by atoms with E-state index in [0.717, 1.165) is 62.5 Å². The molecule has 6 aromatic rings. The van der Waals surface area contributed by atoms with Crippen molar-refractivity contribution in [1.82, 2.24) is 14.7 Å². The van der Waals surface area contributed by atoms with Crippen molar-refractivity contribution in [1.29, 1.82) is 0 Å². The van der Waals surface area contributed by atoms with E-state index in [1.54, 1.807) is 60.7 Å². The average Bonchev–Trinajstić information content (AvgIpc) is 0.766. The molecule has 15 nitrogen and oxygen atoms in total. The number of nitrogens with zero attached hydrogens (tertiary/aromatic N) is 5. The number of ether oxygens (including phenoxy) is 2. The van der Waals surface area contributed by atoms with E-state index in [9.17, 15) is 38.4 Å². The summed E-state index contributed by atoms with van der Waals surface area (Å²) in [5.74, 6) is -2.70. The van der Waals surface area contributed by atoms with E-state index < -0.39 is 58.1 Å². The zero-order valence-electron chi connectivity index (χ0n) is 50.5. The molecule has 10 rings (SSSR count). The molecule has 0 N–H and O–H groups in total. The number of imide groups is 4. The number of carbonyl (C=O) groups is 8. The molecule has 0 fully saturated rings. The van der Waals surface area contributed by atoms with Crippen molar-refractivity contribution >= 4 is 80.2 Å². The monoisotopic (exact) mass is 1140 g/mol. The highest BCUT2D eigenvalue weighted by Gasteiger charge is 2.44. The SMILES string of the molecule is CCCCC(CC)CN1C(=O)c2ccc3c4c(ccc(c24)C1=O)C(=O)N(c1cc(OCCN(C)CCOc2ccc(C(C)(C)C)c(N4C(=O)c5ccc6c7c(ccc(c57)C4=O)C(=O)N(CC(CC)CCCC)C6=O)c2)ccc1C(C)(C)C)C3=O. The van der Waals surface area contributed by atoms with Crippen molar-refractivity contribution in [2.24, 2.45) is 11.8 Å². The van der Waals surface area contributed by atoms with Crippen molar-refractivity contribution in [3.8, 4) is 11.5 Å². The highest BCUT2D eigenvalue weighted by atomic mass is 16.5. The molecule has 0 spiro atoms. The maximum absolute atomic E-state index is 14.7. The summed E-state index contributed by atoms with van der Waals surface area (Å²) >= 11 is 0. The quantitative estimate of drug-likeness (QED) is 0.0592. The van der Waals surface area contributed by atoms with Gasteiger partial charge in [0.05, 0.1) is 11.4 Å². The third-order valence-corrected chi connectivity index (χ3v) is 17.4. The fourth-order valence-corrected chi connectivity index (χ4v) is 12.6. The molecule has 6 aromatic carbocycles. The molecule has 2 unspecified atom stereocenters. The predicted molar refractivity (Wildman–Crippen MR) is 326 cm³/mol. The highest BCUT2D eigenvalue weighted by molar-refractivity contribution is 6.41. The molecule has 0 aromatic heterocycles. The van der Waals surface area contributed by atoms with E-state index in [4.69, 9.17) is 9.47 Å². The van der Waals surface area contributed by atoms with Gasteiger partial charge in [0.15, 0.2) is 0 Å². The summed E-state index contributed by atoms with van der Waals surface area (Å²) in [6, 6.07) is 23.7. The smallest absolute Gasteiger partial charge is 0.265 e. The van der Waals surface area contributed by atoms with Crippen LogP contribution in [0, 0.1) is 11.8 Å².